The van der Waals surface area contributed by atoms with Gasteiger partial charge in [0.2, 0.25) is 0 Å². The van der Waals surface area contributed by atoms with Crippen LogP contribution in [0.25, 0.3) is 0 Å². The molecule has 2 aromatic carbocycles. The summed E-state index contributed by atoms with van der Waals surface area (Å²) >= 11 is 0. The van der Waals surface area contributed by atoms with E-state index < -0.39 is 0 Å². The molecule has 1 aliphatic rings. The summed E-state index contributed by atoms with van der Waals surface area (Å²) in [4.78, 5) is 14.7. The first kappa shape index (κ1) is 15.1. The molecule has 4 nitrogen and oxygen atoms in total. The average Bonchev–Trinajstić information content (AvgIpc) is 3.44. The van der Waals surface area contributed by atoms with Crippen LogP contribution >= 0.6 is 0 Å². The van der Waals surface area contributed by atoms with Crippen molar-refractivity contribution in [3.63, 3.8) is 0 Å². The molecule has 0 aliphatic heterocycles. The van der Waals surface area contributed by atoms with Crippen molar-refractivity contribution in [3.8, 4) is 11.8 Å². The van der Waals surface area contributed by atoms with E-state index in [-0.39, 0.29) is 5.91 Å². The van der Waals surface area contributed by atoms with E-state index in [1.165, 1.54) is 0 Å². The molecule has 1 fully saturated rings. The Labute approximate surface area is 135 Å². The molecule has 1 amide bonds. The summed E-state index contributed by atoms with van der Waals surface area (Å²) in [5, 5.41) is 9.00. The molecule has 116 valence electrons. The van der Waals surface area contributed by atoms with Crippen LogP contribution in [0.15, 0.2) is 48.5 Å². The van der Waals surface area contributed by atoms with Gasteiger partial charge in [0.1, 0.15) is 5.75 Å². The Morgan fingerprint density at radius 2 is 2.00 bits per heavy atom. The van der Waals surface area contributed by atoms with Crippen LogP contribution in [0.4, 0.5) is 0 Å². The second-order valence-corrected chi connectivity index (χ2v) is 5.70. The molecule has 0 bridgehead atoms. The SMILES string of the molecule is COc1ccc(CN(C(=O)c2cccc(C#N)c2)C2CC2)cc1. The average molecular weight is 306 g/mol. The molecule has 0 N–H and O–H groups in total. The third-order valence-electron chi connectivity index (χ3n) is 4.00. The maximum absolute atomic E-state index is 12.8. The van der Waals surface area contributed by atoms with Crippen molar-refractivity contribution in [1.82, 2.24) is 4.90 Å². The molecule has 2 aromatic rings. The van der Waals surface area contributed by atoms with E-state index in [2.05, 4.69) is 6.07 Å². The highest BCUT2D eigenvalue weighted by Crippen LogP contribution is 2.30. The second kappa shape index (κ2) is 6.53. The lowest BCUT2D eigenvalue weighted by atomic mass is 10.1. The van der Waals surface area contributed by atoms with E-state index in [4.69, 9.17) is 10.00 Å². The minimum Gasteiger partial charge on any atom is -0.497 e. The van der Waals surface area contributed by atoms with Crippen LogP contribution < -0.4 is 4.74 Å². The number of ether oxygens (including phenoxy) is 1. The van der Waals surface area contributed by atoms with Gasteiger partial charge >= 0.3 is 0 Å². The van der Waals surface area contributed by atoms with Crippen molar-refractivity contribution in [2.45, 2.75) is 25.4 Å². The van der Waals surface area contributed by atoms with Crippen molar-refractivity contribution >= 4 is 5.91 Å². The van der Waals surface area contributed by atoms with Gasteiger partial charge in [0.05, 0.1) is 18.7 Å². The smallest absolute Gasteiger partial charge is 0.254 e. The lowest BCUT2D eigenvalue weighted by Gasteiger charge is -2.23. The van der Waals surface area contributed by atoms with Gasteiger partial charge < -0.3 is 9.64 Å². The molecule has 0 heterocycles. The zero-order chi connectivity index (χ0) is 16.2. The third kappa shape index (κ3) is 3.51. The molecule has 0 radical (unpaired) electrons. The maximum Gasteiger partial charge on any atom is 0.254 e. The quantitative estimate of drug-likeness (QED) is 0.851. The Morgan fingerprint density at radius 1 is 1.26 bits per heavy atom. The van der Waals surface area contributed by atoms with E-state index in [0.717, 1.165) is 24.2 Å². The van der Waals surface area contributed by atoms with Crippen molar-refractivity contribution < 1.29 is 9.53 Å². The van der Waals surface area contributed by atoms with Crippen LogP contribution in [-0.2, 0) is 6.54 Å². The fourth-order valence-corrected chi connectivity index (χ4v) is 2.57. The zero-order valence-electron chi connectivity index (χ0n) is 13.0. The number of rotatable bonds is 5. The van der Waals surface area contributed by atoms with Gasteiger partial charge in [0, 0.05) is 18.2 Å². The predicted octanol–water partition coefficient (Wildman–Crippen LogP) is 3.37. The second-order valence-electron chi connectivity index (χ2n) is 5.70. The Hall–Kier alpha value is -2.80. The number of methoxy groups -OCH3 is 1. The van der Waals surface area contributed by atoms with Gasteiger partial charge in [-0.1, -0.05) is 18.2 Å². The molecule has 1 aliphatic carbocycles. The number of hydrogen-bond donors (Lipinski definition) is 0. The van der Waals surface area contributed by atoms with E-state index in [9.17, 15) is 4.79 Å². The standard InChI is InChI=1S/C19H18N2O2/c1-23-18-9-5-14(6-10-18)13-21(17-7-8-17)19(22)16-4-2-3-15(11-16)12-20/h2-6,9-11,17H,7-8,13H2,1H3. The zero-order valence-corrected chi connectivity index (χ0v) is 13.0. The molecule has 0 atom stereocenters. The van der Waals surface area contributed by atoms with E-state index >= 15 is 0 Å². The third-order valence-corrected chi connectivity index (χ3v) is 4.00. The Balaban J connectivity index is 1.80. The number of benzene rings is 2. The van der Waals surface area contributed by atoms with Gasteiger partial charge in [-0.3, -0.25) is 4.79 Å². The van der Waals surface area contributed by atoms with Crippen LogP contribution in [0.1, 0.15) is 34.3 Å². The van der Waals surface area contributed by atoms with Crippen molar-refractivity contribution in [3.05, 3.63) is 65.2 Å². The van der Waals surface area contributed by atoms with Gasteiger partial charge in [-0.2, -0.15) is 5.26 Å². The first-order valence-electron chi connectivity index (χ1n) is 7.65. The summed E-state index contributed by atoms with van der Waals surface area (Å²) in [6.07, 6.45) is 2.08. The maximum atomic E-state index is 12.8. The summed E-state index contributed by atoms with van der Waals surface area (Å²) in [7, 11) is 1.64. The monoisotopic (exact) mass is 306 g/mol. The first-order valence-corrected chi connectivity index (χ1v) is 7.65. The van der Waals surface area contributed by atoms with Gasteiger partial charge in [0.15, 0.2) is 0 Å². The summed E-state index contributed by atoms with van der Waals surface area (Å²) < 4.78 is 5.17. The highest BCUT2D eigenvalue weighted by atomic mass is 16.5. The minimum atomic E-state index is -0.0135. The molecule has 4 heteroatoms. The van der Waals surface area contributed by atoms with Gasteiger partial charge in [-0.05, 0) is 48.7 Å². The van der Waals surface area contributed by atoms with Crippen molar-refractivity contribution in [2.75, 3.05) is 7.11 Å². The number of nitrogens with zero attached hydrogens (tertiary/aromatic N) is 2. The van der Waals surface area contributed by atoms with Crippen LogP contribution in [0, 0.1) is 11.3 Å². The van der Waals surface area contributed by atoms with Crippen molar-refractivity contribution in [1.29, 1.82) is 5.26 Å². The molecular weight excluding hydrogens is 288 g/mol. The van der Waals surface area contributed by atoms with Crippen LogP contribution in [0.5, 0.6) is 5.75 Å². The Kier molecular flexibility index (Phi) is 4.29. The minimum absolute atomic E-state index is 0.0135. The van der Waals surface area contributed by atoms with Gasteiger partial charge in [-0.25, -0.2) is 0 Å². The fraction of sp³-hybridized carbons (Fsp3) is 0.263. The topological polar surface area (TPSA) is 53.3 Å². The molecule has 0 aromatic heterocycles. The largest absolute Gasteiger partial charge is 0.497 e. The molecule has 3 rings (SSSR count). The van der Waals surface area contributed by atoms with Crippen LogP contribution in [-0.4, -0.2) is 24.0 Å². The Bertz CT molecular complexity index is 743. The fourth-order valence-electron chi connectivity index (χ4n) is 2.57. The van der Waals surface area contributed by atoms with Crippen LogP contribution in [0.3, 0.4) is 0 Å². The van der Waals surface area contributed by atoms with Crippen molar-refractivity contribution in [2.24, 2.45) is 0 Å². The summed E-state index contributed by atoms with van der Waals surface area (Å²) in [5.41, 5.74) is 2.16. The Morgan fingerprint density at radius 3 is 2.61 bits per heavy atom. The molecule has 23 heavy (non-hydrogen) atoms. The van der Waals surface area contributed by atoms with E-state index in [1.54, 1.807) is 31.4 Å². The summed E-state index contributed by atoms with van der Waals surface area (Å²) in [6, 6.07) is 17.0. The number of amides is 1. The number of hydrogen-bond acceptors (Lipinski definition) is 3. The highest BCUT2D eigenvalue weighted by Gasteiger charge is 2.33. The normalized spacial score (nSPS) is 13.2. The molecule has 0 unspecified atom stereocenters. The lowest BCUT2D eigenvalue weighted by molar-refractivity contribution is 0.0730. The number of carbonyl (C=O) groups is 1. The predicted molar refractivity (Wildman–Crippen MR) is 87.0 cm³/mol. The van der Waals surface area contributed by atoms with Crippen LogP contribution in [0.2, 0.25) is 0 Å². The van der Waals surface area contributed by atoms with Gasteiger partial charge in [-0.15, -0.1) is 0 Å². The molecule has 0 spiro atoms. The molecule has 1 saturated carbocycles. The van der Waals surface area contributed by atoms with Gasteiger partial charge in [0.25, 0.3) is 5.91 Å². The summed E-state index contributed by atoms with van der Waals surface area (Å²) in [5.74, 6) is 0.792. The molecule has 0 saturated heterocycles. The highest BCUT2D eigenvalue weighted by molar-refractivity contribution is 5.95. The first-order chi connectivity index (χ1) is 11.2. The van der Waals surface area contributed by atoms with E-state index in [0.29, 0.717) is 23.7 Å². The van der Waals surface area contributed by atoms with E-state index in [1.807, 2.05) is 29.2 Å². The number of carbonyl (C=O) groups excluding carboxylic acids is 1. The lowest BCUT2D eigenvalue weighted by Crippen LogP contribution is -2.32. The summed E-state index contributed by atoms with van der Waals surface area (Å²) in [6.45, 7) is 0.574. The number of nitriles is 1. The molecular formula is C19H18N2O2.